The van der Waals surface area contributed by atoms with Crippen molar-refractivity contribution in [2.24, 2.45) is 7.05 Å². The average Bonchev–Trinajstić information content (AvgIpc) is 3.17. The van der Waals surface area contributed by atoms with E-state index in [0.29, 0.717) is 25.3 Å². The first-order valence-corrected chi connectivity index (χ1v) is 9.96. The molecule has 1 atom stereocenters. The maximum absolute atomic E-state index is 14.8. The predicted octanol–water partition coefficient (Wildman–Crippen LogP) is 3.85. The smallest absolute Gasteiger partial charge is 0.407 e. The molecule has 1 amide bonds. The second-order valence-corrected chi connectivity index (χ2v) is 8.94. The number of rotatable bonds is 4. The first-order valence-electron chi connectivity index (χ1n) is 9.96. The van der Waals surface area contributed by atoms with Crippen molar-refractivity contribution in [2.45, 2.75) is 58.6 Å². The Bertz CT molecular complexity index is 995. The Morgan fingerprint density at radius 1 is 1.43 bits per heavy atom. The molecule has 1 saturated heterocycles. The van der Waals surface area contributed by atoms with Crippen LogP contribution in [0, 0.1) is 15.9 Å². The summed E-state index contributed by atoms with van der Waals surface area (Å²) in [5.74, 6) is -0.00730. The summed E-state index contributed by atoms with van der Waals surface area (Å²) in [5.41, 5.74) is -0.154. The van der Waals surface area contributed by atoms with Crippen LogP contribution in [0.25, 0.3) is 11.0 Å². The second kappa shape index (κ2) is 7.73. The standard InChI is InChI=1S/C20H28FN5O4/c1-11(2)18-23-15-16(24(18)6)13(21)9-14(26(28)29)17(15)25-8-7-12(10-25)22-19(27)30-20(3,4)5/h9,11-12H,7-8,10H2,1-6H3,(H,22,27)/t12-/m1/s1. The predicted molar refractivity (Wildman–Crippen MR) is 111 cm³/mol. The van der Waals surface area contributed by atoms with E-state index < -0.39 is 22.4 Å². The number of aromatic nitrogens is 2. The molecule has 2 aromatic rings. The first kappa shape index (κ1) is 21.8. The molecule has 0 radical (unpaired) electrons. The third-order valence-corrected chi connectivity index (χ3v) is 5.02. The average molecular weight is 421 g/mol. The Labute approximate surface area is 174 Å². The van der Waals surface area contributed by atoms with E-state index >= 15 is 0 Å². The molecule has 30 heavy (non-hydrogen) atoms. The Hall–Kier alpha value is -2.91. The van der Waals surface area contributed by atoms with Crippen LogP contribution in [-0.2, 0) is 11.8 Å². The summed E-state index contributed by atoms with van der Waals surface area (Å²) >= 11 is 0. The van der Waals surface area contributed by atoms with E-state index in [0.717, 1.165) is 6.07 Å². The van der Waals surface area contributed by atoms with Gasteiger partial charge >= 0.3 is 6.09 Å². The van der Waals surface area contributed by atoms with Gasteiger partial charge in [0.25, 0.3) is 5.69 Å². The van der Waals surface area contributed by atoms with Gasteiger partial charge in [-0.05, 0) is 27.2 Å². The minimum absolute atomic E-state index is 0.0221. The molecule has 164 valence electrons. The van der Waals surface area contributed by atoms with Gasteiger partial charge in [-0.15, -0.1) is 0 Å². The number of nitrogens with one attached hydrogen (secondary N) is 1. The number of ether oxygens (including phenoxy) is 1. The number of alkyl carbamates (subject to hydrolysis) is 1. The number of nitrogens with zero attached hydrogens (tertiary/aromatic N) is 4. The number of anilines is 1. The van der Waals surface area contributed by atoms with Crippen LogP contribution >= 0.6 is 0 Å². The molecule has 1 aromatic carbocycles. The van der Waals surface area contributed by atoms with Crippen molar-refractivity contribution in [3.05, 3.63) is 27.8 Å². The Morgan fingerprint density at radius 2 is 2.10 bits per heavy atom. The molecule has 0 aliphatic carbocycles. The number of amides is 1. The highest BCUT2D eigenvalue weighted by Gasteiger charge is 2.34. The van der Waals surface area contributed by atoms with E-state index in [1.165, 1.54) is 0 Å². The van der Waals surface area contributed by atoms with Gasteiger partial charge in [0.1, 0.15) is 28.1 Å². The summed E-state index contributed by atoms with van der Waals surface area (Å²) in [6.07, 6.45) is 0.0482. The van der Waals surface area contributed by atoms with Gasteiger partial charge in [0.2, 0.25) is 0 Å². The lowest BCUT2D eigenvalue weighted by atomic mass is 10.2. The third-order valence-electron chi connectivity index (χ3n) is 5.02. The molecule has 1 aromatic heterocycles. The highest BCUT2D eigenvalue weighted by molar-refractivity contribution is 5.95. The largest absolute Gasteiger partial charge is 0.444 e. The fourth-order valence-electron chi connectivity index (χ4n) is 3.86. The molecule has 9 nitrogen and oxygen atoms in total. The van der Waals surface area contributed by atoms with Gasteiger partial charge < -0.3 is 19.5 Å². The molecule has 3 rings (SSSR count). The summed E-state index contributed by atoms with van der Waals surface area (Å²) in [6.45, 7) is 10.0. The lowest BCUT2D eigenvalue weighted by Gasteiger charge is -2.22. The SMILES string of the molecule is CC(C)c1nc2c(N3CC[C@@H](NC(=O)OC(C)(C)C)C3)c([N+](=O)[O-])cc(F)c2n1C. The molecule has 1 aliphatic heterocycles. The molecule has 0 spiro atoms. The maximum atomic E-state index is 14.8. The number of fused-ring (bicyclic) bond motifs is 1. The van der Waals surface area contributed by atoms with Crippen LogP contribution in [0.1, 0.15) is 52.8 Å². The molecule has 0 bridgehead atoms. The Morgan fingerprint density at radius 3 is 2.67 bits per heavy atom. The van der Waals surface area contributed by atoms with Crippen molar-refractivity contribution in [3.63, 3.8) is 0 Å². The number of nitro benzene ring substituents is 1. The summed E-state index contributed by atoms with van der Waals surface area (Å²) in [6, 6.07) is 0.714. The molecular formula is C20H28FN5O4. The fourth-order valence-corrected chi connectivity index (χ4v) is 3.86. The number of aryl methyl sites for hydroxylation is 1. The number of benzene rings is 1. The molecule has 1 aliphatic rings. The zero-order valence-electron chi connectivity index (χ0n) is 18.2. The van der Waals surface area contributed by atoms with E-state index in [2.05, 4.69) is 10.3 Å². The normalized spacial score (nSPS) is 17.1. The summed E-state index contributed by atoms with van der Waals surface area (Å²) in [4.78, 5) is 29.6. The summed E-state index contributed by atoms with van der Waals surface area (Å²) in [5, 5.41) is 14.5. The Kier molecular flexibility index (Phi) is 5.62. The van der Waals surface area contributed by atoms with E-state index in [9.17, 15) is 19.3 Å². The van der Waals surface area contributed by atoms with Crippen molar-refractivity contribution >= 4 is 28.5 Å². The number of hydrogen-bond acceptors (Lipinski definition) is 6. The van der Waals surface area contributed by atoms with Crippen LogP contribution in [0.3, 0.4) is 0 Å². The van der Waals surface area contributed by atoms with Crippen molar-refractivity contribution in [2.75, 3.05) is 18.0 Å². The van der Waals surface area contributed by atoms with Gasteiger partial charge in [-0.2, -0.15) is 0 Å². The van der Waals surface area contributed by atoms with Crippen molar-refractivity contribution < 1.29 is 18.8 Å². The highest BCUT2D eigenvalue weighted by Crippen LogP contribution is 2.40. The number of halogens is 1. The topological polar surface area (TPSA) is 103 Å². The quantitative estimate of drug-likeness (QED) is 0.594. The summed E-state index contributed by atoms with van der Waals surface area (Å²) < 4.78 is 21.7. The number of carbonyl (C=O) groups excluding carboxylic acids is 1. The molecule has 1 N–H and O–H groups in total. The van der Waals surface area contributed by atoms with Crippen LogP contribution in [0.15, 0.2) is 6.07 Å². The van der Waals surface area contributed by atoms with Crippen LogP contribution in [-0.4, -0.2) is 45.3 Å². The van der Waals surface area contributed by atoms with Crippen LogP contribution in [0.4, 0.5) is 20.6 Å². The maximum Gasteiger partial charge on any atom is 0.407 e. The van der Waals surface area contributed by atoms with Crippen LogP contribution < -0.4 is 10.2 Å². The molecular weight excluding hydrogens is 393 g/mol. The lowest BCUT2D eigenvalue weighted by Crippen LogP contribution is -2.40. The molecule has 1 fully saturated rings. The minimum atomic E-state index is -0.676. The van der Waals surface area contributed by atoms with Gasteiger partial charge in [0.15, 0.2) is 5.82 Å². The van der Waals surface area contributed by atoms with Gasteiger partial charge in [0, 0.05) is 26.1 Å². The highest BCUT2D eigenvalue weighted by atomic mass is 19.1. The zero-order valence-corrected chi connectivity index (χ0v) is 18.2. The van der Waals surface area contributed by atoms with Gasteiger partial charge in [-0.25, -0.2) is 14.2 Å². The van der Waals surface area contributed by atoms with Gasteiger partial charge in [-0.3, -0.25) is 10.1 Å². The van der Waals surface area contributed by atoms with E-state index in [1.807, 2.05) is 13.8 Å². The monoisotopic (exact) mass is 421 g/mol. The first-order chi connectivity index (χ1) is 13.9. The Balaban J connectivity index is 1.98. The number of carbonyl (C=O) groups is 1. The molecule has 0 saturated carbocycles. The van der Waals surface area contributed by atoms with E-state index in [4.69, 9.17) is 4.74 Å². The van der Waals surface area contributed by atoms with Crippen LogP contribution in [0.5, 0.6) is 0 Å². The van der Waals surface area contributed by atoms with Crippen molar-refractivity contribution in [1.82, 2.24) is 14.9 Å². The zero-order chi connectivity index (χ0) is 22.4. The van der Waals surface area contributed by atoms with Gasteiger partial charge in [0.05, 0.1) is 17.0 Å². The number of hydrogen-bond donors (Lipinski definition) is 1. The third kappa shape index (κ3) is 4.17. The second-order valence-electron chi connectivity index (χ2n) is 8.94. The van der Waals surface area contributed by atoms with Crippen LogP contribution in [0.2, 0.25) is 0 Å². The molecule has 2 heterocycles. The number of nitro groups is 1. The lowest BCUT2D eigenvalue weighted by molar-refractivity contribution is -0.384. The van der Waals surface area contributed by atoms with Crippen molar-refractivity contribution in [1.29, 1.82) is 0 Å². The van der Waals surface area contributed by atoms with E-state index in [1.54, 1.807) is 37.3 Å². The molecule has 0 unspecified atom stereocenters. The van der Waals surface area contributed by atoms with Gasteiger partial charge in [-0.1, -0.05) is 13.8 Å². The summed E-state index contributed by atoms with van der Waals surface area (Å²) in [7, 11) is 1.71. The minimum Gasteiger partial charge on any atom is -0.444 e. The fraction of sp³-hybridized carbons (Fsp3) is 0.600. The number of imidazole rings is 1. The molecule has 10 heteroatoms. The van der Waals surface area contributed by atoms with E-state index in [-0.39, 0.29) is 34.4 Å². The van der Waals surface area contributed by atoms with Crippen molar-refractivity contribution in [3.8, 4) is 0 Å².